The first-order valence-corrected chi connectivity index (χ1v) is 10.3. The van der Waals surface area contributed by atoms with E-state index in [0.717, 1.165) is 11.3 Å². The first-order valence-electron chi connectivity index (χ1n) is 10.3. The van der Waals surface area contributed by atoms with Crippen LogP contribution in [0.1, 0.15) is 34.9 Å². The largest absolute Gasteiger partial charge is 0.493 e. The first-order chi connectivity index (χ1) is 15.6. The summed E-state index contributed by atoms with van der Waals surface area (Å²) in [6.45, 7) is 0.680. The van der Waals surface area contributed by atoms with Crippen LogP contribution in [0.25, 0.3) is 16.8 Å². The van der Waals surface area contributed by atoms with Crippen LogP contribution >= 0.6 is 0 Å². The molecule has 9 heteroatoms. The lowest BCUT2D eigenvalue weighted by atomic mass is 9.93. The van der Waals surface area contributed by atoms with E-state index in [1.807, 2.05) is 0 Å². The van der Waals surface area contributed by atoms with E-state index < -0.39 is 6.43 Å². The zero-order valence-electron chi connectivity index (χ0n) is 16.8. The number of alkyl halides is 2. The quantitative estimate of drug-likeness (QED) is 0.461. The Hall–Kier alpha value is -3.62. The Labute approximate surface area is 180 Å². The number of aryl methyl sites for hydroxylation is 1. The van der Waals surface area contributed by atoms with Crippen molar-refractivity contribution in [1.29, 1.82) is 0 Å². The molecule has 0 amide bonds. The Morgan fingerprint density at radius 3 is 2.72 bits per heavy atom. The molecule has 162 valence electrons. The molecule has 5 heterocycles. The van der Waals surface area contributed by atoms with Crippen LogP contribution in [0, 0.1) is 5.82 Å². The summed E-state index contributed by atoms with van der Waals surface area (Å²) < 4.78 is 55.7. The van der Waals surface area contributed by atoms with Crippen LogP contribution in [0.2, 0.25) is 0 Å². The van der Waals surface area contributed by atoms with Crippen LogP contribution in [-0.4, -0.2) is 32.8 Å². The van der Waals surface area contributed by atoms with Crippen LogP contribution in [-0.2, 0) is 12.8 Å². The molecule has 1 atom stereocenters. The van der Waals surface area contributed by atoms with E-state index in [1.165, 1.54) is 18.6 Å². The Morgan fingerprint density at radius 2 is 1.88 bits per heavy atom. The lowest BCUT2D eigenvalue weighted by Crippen LogP contribution is -2.13. The predicted octanol–water partition coefficient (Wildman–Crippen LogP) is 4.52. The van der Waals surface area contributed by atoms with Gasteiger partial charge in [-0.3, -0.25) is 9.38 Å². The van der Waals surface area contributed by atoms with Gasteiger partial charge in [-0.25, -0.2) is 13.2 Å². The minimum absolute atomic E-state index is 0.114. The van der Waals surface area contributed by atoms with Gasteiger partial charge in [-0.15, -0.1) is 10.2 Å². The van der Waals surface area contributed by atoms with E-state index in [4.69, 9.17) is 9.47 Å². The van der Waals surface area contributed by atoms with E-state index in [2.05, 4.69) is 15.2 Å². The van der Waals surface area contributed by atoms with Gasteiger partial charge in [0.15, 0.2) is 5.65 Å². The Morgan fingerprint density at radius 1 is 1.03 bits per heavy atom. The molecule has 32 heavy (non-hydrogen) atoms. The highest BCUT2D eigenvalue weighted by molar-refractivity contribution is 5.80. The molecule has 0 unspecified atom stereocenters. The molecule has 1 aromatic carbocycles. The van der Waals surface area contributed by atoms with Crippen molar-refractivity contribution in [3.05, 3.63) is 71.2 Å². The van der Waals surface area contributed by atoms with E-state index >= 15 is 0 Å². The number of hydrogen-bond donors (Lipinski definition) is 0. The fraction of sp³-hybridized carbons (Fsp3) is 0.261. The highest BCUT2D eigenvalue weighted by atomic mass is 19.3. The fourth-order valence-corrected chi connectivity index (χ4v) is 4.68. The van der Waals surface area contributed by atoms with E-state index in [0.29, 0.717) is 47.7 Å². The van der Waals surface area contributed by atoms with Crippen molar-refractivity contribution in [3.63, 3.8) is 0 Å². The van der Waals surface area contributed by atoms with Crippen LogP contribution in [0.15, 0.2) is 42.9 Å². The molecule has 3 aromatic heterocycles. The van der Waals surface area contributed by atoms with Crippen molar-refractivity contribution in [2.24, 2.45) is 0 Å². The molecule has 0 fully saturated rings. The summed E-state index contributed by atoms with van der Waals surface area (Å²) in [7, 11) is 0. The molecule has 0 spiro atoms. The second kappa shape index (κ2) is 7.22. The third-order valence-electron chi connectivity index (χ3n) is 6.13. The number of benzene rings is 1. The molecule has 0 saturated carbocycles. The maximum absolute atomic E-state index is 14.7. The minimum Gasteiger partial charge on any atom is -0.493 e. The highest BCUT2D eigenvalue weighted by Gasteiger charge is 2.32. The molecule has 6 rings (SSSR count). The molecule has 0 aliphatic carbocycles. The van der Waals surface area contributed by atoms with Gasteiger partial charge in [-0.1, -0.05) is 6.07 Å². The van der Waals surface area contributed by atoms with Crippen molar-refractivity contribution in [2.45, 2.75) is 25.2 Å². The average Bonchev–Trinajstić information content (AvgIpc) is 3.45. The second-order valence-electron chi connectivity index (χ2n) is 7.89. The summed E-state index contributed by atoms with van der Waals surface area (Å²) in [5, 5.41) is 8.18. The SMILES string of the molecule is Fc1ccc2c3c1CCc1c(cc(-c4cccnc4C(F)F)c4nncn14)OC[C@H]3CO2. The number of rotatable bonds is 2. The summed E-state index contributed by atoms with van der Waals surface area (Å²) in [4.78, 5) is 3.87. The summed E-state index contributed by atoms with van der Waals surface area (Å²) in [6.07, 6.45) is 1.01. The molecule has 2 aliphatic rings. The van der Waals surface area contributed by atoms with Crippen molar-refractivity contribution in [2.75, 3.05) is 13.2 Å². The number of ether oxygens (including phenoxy) is 2. The number of halogens is 3. The van der Waals surface area contributed by atoms with E-state index in [1.54, 1.807) is 28.7 Å². The number of fused-ring (bicyclic) bond motifs is 3. The van der Waals surface area contributed by atoms with E-state index in [9.17, 15) is 13.2 Å². The zero-order valence-corrected chi connectivity index (χ0v) is 16.8. The molecule has 4 aromatic rings. The van der Waals surface area contributed by atoms with Crippen molar-refractivity contribution in [3.8, 4) is 22.6 Å². The number of pyridine rings is 2. The highest BCUT2D eigenvalue weighted by Crippen LogP contribution is 2.41. The van der Waals surface area contributed by atoms with Gasteiger partial charge in [0.25, 0.3) is 6.43 Å². The van der Waals surface area contributed by atoms with Crippen LogP contribution < -0.4 is 9.47 Å². The minimum atomic E-state index is -2.74. The van der Waals surface area contributed by atoms with Gasteiger partial charge in [0.2, 0.25) is 0 Å². The van der Waals surface area contributed by atoms with Crippen LogP contribution in [0.4, 0.5) is 13.2 Å². The van der Waals surface area contributed by atoms with E-state index in [-0.39, 0.29) is 29.6 Å². The molecule has 0 bridgehead atoms. The molecule has 2 aliphatic heterocycles. The Kier molecular flexibility index (Phi) is 4.31. The molecule has 0 saturated heterocycles. The molecule has 0 N–H and O–H groups in total. The monoisotopic (exact) mass is 438 g/mol. The topological polar surface area (TPSA) is 61.5 Å². The van der Waals surface area contributed by atoms with Crippen molar-refractivity contribution >= 4 is 5.65 Å². The fourth-order valence-electron chi connectivity index (χ4n) is 4.68. The van der Waals surface area contributed by atoms with Gasteiger partial charge in [-0.05, 0) is 42.7 Å². The summed E-state index contributed by atoms with van der Waals surface area (Å²) in [6, 6.07) is 7.99. The number of nitrogens with zero attached hydrogens (tertiary/aromatic N) is 4. The van der Waals surface area contributed by atoms with Crippen LogP contribution in [0.3, 0.4) is 0 Å². The lowest BCUT2D eigenvalue weighted by molar-refractivity contribution is 0.147. The van der Waals surface area contributed by atoms with Gasteiger partial charge >= 0.3 is 0 Å². The lowest BCUT2D eigenvalue weighted by Gasteiger charge is -2.17. The van der Waals surface area contributed by atoms with Gasteiger partial charge in [0.05, 0.1) is 24.8 Å². The maximum atomic E-state index is 14.7. The first kappa shape index (κ1) is 19.1. The Bertz CT molecular complexity index is 1350. The summed E-state index contributed by atoms with van der Waals surface area (Å²) >= 11 is 0. The predicted molar refractivity (Wildman–Crippen MR) is 109 cm³/mol. The zero-order chi connectivity index (χ0) is 21.8. The molecule has 6 nitrogen and oxygen atoms in total. The maximum Gasteiger partial charge on any atom is 0.280 e. The number of hydrogen-bond acceptors (Lipinski definition) is 5. The van der Waals surface area contributed by atoms with Gasteiger partial charge < -0.3 is 9.47 Å². The van der Waals surface area contributed by atoms with Gasteiger partial charge in [0, 0.05) is 22.9 Å². The smallest absolute Gasteiger partial charge is 0.280 e. The average molecular weight is 438 g/mol. The molecular formula is C23H17F3N4O2. The van der Waals surface area contributed by atoms with Crippen molar-refractivity contribution in [1.82, 2.24) is 19.6 Å². The third-order valence-corrected chi connectivity index (χ3v) is 6.13. The number of aromatic nitrogens is 4. The Balaban J connectivity index is 1.53. The molecule has 0 radical (unpaired) electrons. The standard InChI is InChI=1S/C23H17F3N4O2/c24-16-4-6-18-20-12(9-31-18)10-32-19-8-15(13-2-1-7-27-21(13)22(25)26)23-29-28-11-30(23)17(19)5-3-14(16)20/h1-2,4,6-8,11-12,22H,3,5,9-10H2/t12-/m1/s1. The second-order valence-corrected chi connectivity index (χ2v) is 7.89. The third kappa shape index (κ3) is 2.84. The summed E-state index contributed by atoms with van der Waals surface area (Å²) in [5.74, 6) is 0.832. The van der Waals surface area contributed by atoms with Gasteiger partial charge in [0.1, 0.15) is 29.3 Å². The van der Waals surface area contributed by atoms with Crippen molar-refractivity contribution < 1.29 is 22.6 Å². The normalized spacial score (nSPS) is 17.2. The summed E-state index contributed by atoms with van der Waals surface area (Å²) in [5.41, 5.74) is 3.05. The van der Waals surface area contributed by atoms with Crippen LogP contribution in [0.5, 0.6) is 11.5 Å². The molecular weight excluding hydrogens is 421 g/mol. The van der Waals surface area contributed by atoms with Gasteiger partial charge in [-0.2, -0.15) is 0 Å².